The standard InChI is InChI=1S/C20H27N/c1-4-8-17-9-7-10-19(15-17)20(21-6-3)18-13-11-16(5-2)12-14-18/h7,9-15,20-21H,4-6,8H2,1-3H3. The van der Waals surface area contributed by atoms with Crippen LogP contribution in [0.1, 0.15) is 55.5 Å². The fourth-order valence-electron chi connectivity index (χ4n) is 2.79. The SMILES string of the molecule is CCCc1cccc(C(NCC)c2ccc(CC)cc2)c1. The molecule has 1 heteroatoms. The number of nitrogens with one attached hydrogen (secondary N) is 1. The van der Waals surface area contributed by atoms with Gasteiger partial charge in [-0.1, -0.05) is 75.7 Å². The highest BCUT2D eigenvalue weighted by Gasteiger charge is 2.13. The van der Waals surface area contributed by atoms with Crippen molar-refractivity contribution in [1.29, 1.82) is 0 Å². The molecule has 0 fully saturated rings. The molecule has 0 saturated heterocycles. The van der Waals surface area contributed by atoms with Crippen molar-refractivity contribution < 1.29 is 0 Å². The van der Waals surface area contributed by atoms with Gasteiger partial charge in [0.15, 0.2) is 0 Å². The minimum atomic E-state index is 0.290. The van der Waals surface area contributed by atoms with Gasteiger partial charge in [-0.05, 0) is 41.6 Å². The van der Waals surface area contributed by atoms with Crippen molar-refractivity contribution in [2.45, 2.75) is 46.1 Å². The topological polar surface area (TPSA) is 12.0 Å². The van der Waals surface area contributed by atoms with Crippen LogP contribution in [0.25, 0.3) is 0 Å². The molecule has 0 aliphatic heterocycles. The van der Waals surface area contributed by atoms with Crippen molar-refractivity contribution in [2.75, 3.05) is 6.54 Å². The highest BCUT2D eigenvalue weighted by molar-refractivity contribution is 5.35. The van der Waals surface area contributed by atoms with Crippen molar-refractivity contribution in [1.82, 2.24) is 5.32 Å². The molecule has 1 N–H and O–H groups in total. The Kier molecular flexibility index (Phi) is 6.01. The van der Waals surface area contributed by atoms with E-state index in [4.69, 9.17) is 0 Å². The van der Waals surface area contributed by atoms with E-state index in [-0.39, 0.29) is 6.04 Å². The molecule has 0 bridgehead atoms. The molecule has 1 nitrogen and oxygen atoms in total. The van der Waals surface area contributed by atoms with Crippen LogP contribution in [0.15, 0.2) is 48.5 Å². The summed E-state index contributed by atoms with van der Waals surface area (Å²) in [7, 11) is 0. The molecule has 0 heterocycles. The molecule has 0 spiro atoms. The van der Waals surface area contributed by atoms with Crippen molar-refractivity contribution >= 4 is 0 Å². The Morgan fingerprint density at radius 3 is 2.24 bits per heavy atom. The zero-order valence-electron chi connectivity index (χ0n) is 13.5. The predicted molar refractivity (Wildman–Crippen MR) is 91.8 cm³/mol. The molecule has 1 atom stereocenters. The van der Waals surface area contributed by atoms with E-state index in [2.05, 4.69) is 74.6 Å². The van der Waals surface area contributed by atoms with Crippen molar-refractivity contribution in [3.05, 3.63) is 70.8 Å². The zero-order valence-corrected chi connectivity index (χ0v) is 13.5. The molecule has 0 radical (unpaired) electrons. The Morgan fingerprint density at radius 1 is 0.857 bits per heavy atom. The number of rotatable bonds is 7. The summed E-state index contributed by atoms with van der Waals surface area (Å²) in [5.74, 6) is 0. The van der Waals surface area contributed by atoms with Crippen LogP contribution in [-0.4, -0.2) is 6.54 Å². The average molecular weight is 281 g/mol. The molecular weight excluding hydrogens is 254 g/mol. The third-order valence-electron chi connectivity index (χ3n) is 3.95. The van der Waals surface area contributed by atoms with E-state index in [1.807, 2.05) is 0 Å². The molecule has 2 aromatic carbocycles. The number of aryl methyl sites for hydroxylation is 2. The van der Waals surface area contributed by atoms with E-state index in [1.165, 1.54) is 28.7 Å². The molecule has 0 saturated carbocycles. The number of hydrogen-bond acceptors (Lipinski definition) is 1. The van der Waals surface area contributed by atoms with Crippen molar-refractivity contribution in [3.8, 4) is 0 Å². The summed E-state index contributed by atoms with van der Waals surface area (Å²) in [4.78, 5) is 0. The lowest BCUT2D eigenvalue weighted by molar-refractivity contribution is 0.629. The van der Waals surface area contributed by atoms with E-state index in [1.54, 1.807) is 0 Å². The van der Waals surface area contributed by atoms with Crippen LogP contribution >= 0.6 is 0 Å². The fraction of sp³-hybridized carbons (Fsp3) is 0.400. The summed E-state index contributed by atoms with van der Waals surface area (Å²) in [5, 5.41) is 3.62. The molecule has 1 unspecified atom stereocenters. The van der Waals surface area contributed by atoms with E-state index in [9.17, 15) is 0 Å². The number of hydrogen-bond donors (Lipinski definition) is 1. The summed E-state index contributed by atoms with van der Waals surface area (Å²) >= 11 is 0. The van der Waals surface area contributed by atoms with Gasteiger partial charge >= 0.3 is 0 Å². The molecule has 2 aromatic rings. The Bertz CT molecular complexity index is 542. The van der Waals surface area contributed by atoms with Crippen LogP contribution < -0.4 is 5.32 Å². The maximum atomic E-state index is 3.62. The minimum Gasteiger partial charge on any atom is -0.307 e. The van der Waals surface area contributed by atoms with E-state index >= 15 is 0 Å². The third kappa shape index (κ3) is 4.18. The molecule has 112 valence electrons. The maximum absolute atomic E-state index is 3.62. The quantitative estimate of drug-likeness (QED) is 0.761. The molecule has 0 aliphatic carbocycles. The average Bonchev–Trinajstić information content (AvgIpc) is 2.53. The predicted octanol–water partition coefficient (Wildman–Crippen LogP) is 4.90. The minimum absolute atomic E-state index is 0.290. The van der Waals surface area contributed by atoms with Crippen LogP contribution in [0, 0.1) is 0 Å². The third-order valence-corrected chi connectivity index (χ3v) is 3.95. The lowest BCUT2D eigenvalue weighted by atomic mass is 9.95. The second-order valence-corrected chi connectivity index (χ2v) is 5.58. The van der Waals surface area contributed by atoms with Gasteiger partial charge in [0.1, 0.15) is 0 Å². The molecule has 2 rings (SSSR count). The van der Waals surface area contributed by atoms with Crippen LogP contribution in [0.5, 0.6) is 0 Å². The Morgan fingerprint density at radius 2 is 1.62 bits per heavy atom. The molecular formula is C20H27N. The second-order valence-electron chi connectivity index (χ2n) is 5.58. The summed E-state index contributed by atoms with van der Waals surface area (Å²) in [5.41, 5.74) is 5.55. The molecule has 0 aliphatic rings. The smallest absolute Gasteiger partial charge is 0.0576 e. The Balaban J connectivity index is 2.30. The van der Waals surface area contributed by atoms with Crippen molar-refractivity contribution in [2.24, 2.45) is 0 Å². The van der Waals surface area contributed by atoms with Crippen LogP contribution in [0.3, 0.4) is 0 Å². The lowest BCUT2D eigenvalue weighted by Crippen LogP contribution is -2.22. The monoisotopic (exact) mass is 281 g/mol. The summed E-state index contributed by atoms with van der Waals surface area (Å²) in [6.07, 6.45) is 3.44. The van der Waals surface area contributed by atoms with Crippen LogP contribution in [0.2, 0.25) is 0 Å². The van der Waals surface area contributed by atoms with E-state index in [0.717, 1.165) is 19.4 Å². The van der Waals surface area contributed by atoms with Gasteiger partial charge in [-0.25, -0.2) is 0 Å². The highest BCUT2D eigenvalue weighted by atomic mass is 14.9. The van der Waals surface area contributed by atoms with Gasteiger partial charge in [-0.2, -0.15) is 0 Å². The first-order valence-corrected chi connectivity index (χ1v) is 8.19. The first-order chi connectivity index (χ1) is 10.3. The zero-order chi connectivity index (χ0) is 15.1. The summed E-state index contributed by atoms with van der Waals surface area (Å²) < 4.78 is 0. The first kappa shape index (κ1) is 15.8. The molecule has 0 aromatic heterocycles. The van der Waals surface area contributed by atoms with E-state index in [0.29, 0.717) is 0 Å². The van der Waals surface area contributed by atoms with Crippen molar-refractivity contribution in [3.63, 3.8) is 0 Å². The van der Waals surface area contributed by atoms with E-state index < -0.39 is 0 Å². The largest absolute Gasteiger partial charge is 0.307 e. The van der Waals surface area contributed by atoms with Crippen LogP contribution in [-0.2, 0) is 12.8 Å². The van der Waals surface area contributed by atoms with Gasteiger partial charge < -0.3 is 5.32 Å². The normalized spacial score (nSPS) is 12.3. The summed E-state index contributed by atoms with van der Waals surface area (Å²) in [6, 6.07) is 18.3. The summed E-state index contributed by atoms with van der Waals surface area (Å²) in [6.45, 7) is 7.57. The van der Waals surface area contributed by atoms with Gasteiger partial charge in [0.05, 0.1) is 6.04 Å². The van der Waals surface area contributed by atoms with Gasteiger partial charge in [-0.15, -0.1) is 0 Å². The van der Waals surface area contributed by atoms with Gasteiger partial charge in [0.25, 0.3) is 0 Å². The molecule has 21 heavy (non-hydrogen) atoms. The van der Waals surface area contributed by atoms with Crippen LogP contribution in [0.4, 0.5) is 0 Å². The molecule has 0 amide bonds. The number of benzene rings is 2. The lowest BCUT2D eigenvalue weighted by Gasteiger charge is -2.20. The Labute approximate surface area is 129 Å². The van der Waals surface area contributed by atoms with Gasteiger partial charge in [0.2, 0.25) is 0 Å². The van der Waals surface area contributed by atoms with Gasteiger partial charge in [-0.3, -0.25) is 0 Å². The highest BCUT2D eigenvalue weighted by Crippen LogP contribution is 2.24. The van der Waals surface area contributed by atoms with Gasteiger partial charge in [0, 0.05) is 0 Å². The Hall–Kier alpha value is -1.60. The fourth-order valence-corrected chi connectivity index (χ4v) is 2.79. The first-order valence-electron chi connectivity index (χ1n) is 8.19. The maximum Gasteiger partial charge on any atom is 0.0576 e. The second kappa shape index (κ2) is 7.99.